The highest BCUT2D eigenvalue weighted by atomic mass is 16.6. The first-order chi connectivity index (χ1) is 17.4. The fraction of sp³-hybridized carbons (Fsp3) is 0.241. The Balaban J connectivity index is 1.57. The molecule has 0 saturated carbocycles. The van der Waals surface area contributed by atoms with Crippen molar-refractivity contribution in [2.24, 2.45) is 5.73 Å². The molecule has 3 aromatic carbocycles. The summed E-state index contributed by atoms with van der Waals surface area (Å²) in [4.78, 5) is 12.5. The standard InChI is InChI=1S/C29H28N2O5/c1-4-14-33-25-10-6-5-9-21(25)28-22-13-12-20(15-26(22)36-29(31)23(28)16-30)35-27(32)17-34-24-11-7-8-18(2)19(24)3/h5-13,15,28H,4,14,17,31H2,1-3H3. The number of hydrogen-bond donors (Lipinski definition) is 1. The average molecular weight is 485 g/mol. The third kappa shape index (κ3) is 5.13. The lowest BCUT2D eigenvalue weighted by atomic mass is 9.83. The highest BCUT2D eigenvalue weighted by molar-refractivity contribution is 5.74. The van der Waals surface area contributed by atoms with Gasteiger partial charge in [0.25, 0.3) is 0 Å². The van der Waals surface area contributed by atoms with Gasteiger partial charge in [-0.2, -0.15) is 5.26 Å². The number of aryl methyl sites for hydroxylation is 1. The maximum atomic E-state index is 12.5. The number of carbonyl (C=O) groups excluding carboxylic acids is 1. The van der Waals surface area contributed by atoms with Crippen LogP contribution in [0.2, 0.25) is 0 Å². The number of allylic oxidation sites excluding steroid dienone is 1. The fourth-order valence-electron chi connectivity index (χ4n) is 4.06. The molecule has 4 rings (SSSR count). The highest BCUT2D eigenvalue weighted by Gasteiger charge is 2.33. The van der Waals surface area contributed by atoms with Crippen molar-refractivity contribution in [3.05, 3.63) is 94.4 Å². The minimum atomic E-state index is -0.553. The number of benzene rings is 3. The van der Waals surface area contributed by atoms with Crippen molar-refractivity contribution in [2.75, 3.05) is 13.2 Å². The number of esters is 1. The molecule has 1 aliphatic rings. The van der Waals surface area contributed by atoms with Crippen LogP contribution < -0.4 is 24.7 Å². The van der Waals surface area contributed by atoms with Crippen LogP contribution in [0.3, 0.4) is 0 Å². The van der Waals surface area contributed by atoms with E-state index in [4.69, 9.17) is 24.7 Å². The number of carbonyl (C=O) groups is 1. The molecule has 0 spiro atoms. The minimum absolute atomic E-state index is 0.00188. The van der Waals surface area contributed by atoms with Crippen LogP contribution in [0.1, 0.15) is 41.5 Å². The molecule has 3 aromatic rings. The van der Waals surface area contributed by atoms with Crippen molar-refractivity contribution in [1.29, 1.82) is 5.26 Å². The van der Waals surface area contributed by atoms with Crippen molar-refractivity contribution in [2.45, 2.75) is 33.1 Å². The Labute approximate surface area is 210 Å². The van der Waals surface area contributed by atoms with E-state index in [0.29, 0.717) is 29.4 Å². The quantitative estimate of drug-likeness (QED) is 0.342. The van der Waals surface area contributed by atoms with Gasteiger partial charge in [0.2, 0.25) is 5.88 Å². The van der Waals surface area contributed by atoms with Gasteiger partial charge in [-0.1, -0.05) is 43.3 Å². The van der Waals surface area contributed by atoms with Gasteiger partial charge in [0.1, 0.15) is 34.6 Å². The van der Waals surface area contributed by atoms with Crippen LogP contribution in [0.4, 0.5) is 0 Å². The molecule has 1 unspecified atom stereocenters. The first kappa shape index (κ1) is 24.7. The lowest BCUT2D eigenvalue weighted by Crippen LogP contribution is -2.22. The summed E-state index contributed by atoms with van der Waals surface area (Å²) in [6.45, 7) is 6.25. The molecular formula is C29H28N2O5. The van der Waals surface area contributed by atoms with E-state index < -0.39 is 11.9 Å². The van der Waals surface area contributed by atoms with E-state index in [1.165, 1.54) is 0 Å². The van der Waals surface area contributed by atoms with E-state index in [1.54, 1.807) is 18.2 Å². The lowest BCUT2D eigenvalue weighted by molar-refractivity contribution is -0.136. The van der Waals surface area contributed by atoms with E-state index in [0.717, 1.165) is 28.7 Å². The smallest absolute Gasteiger partial charge is 0.349 e. The molecule has 7 heteroatoms. The van der Waals surface area contributed by atoms with Gasteiger partial charge in [-0.25, -0.2) is 4.79 Å². The number of rotatable bonds is 8. The lowest BCUT2D eigenvalue weighted by Gasteiger charge is -2.28. The van der Waals surface area contributed by atoms with Gasteiger partial charge in [-0.15, -0.1) is 0 Å². The third-order valence-corrected chi connectivity index (χ3v) is 6.01. The van der Waals surface area contributed by atoms with Crippen LogP contribution in [0, 0.1) is 25.2 Å². The summed E-state index contributed by atoms with van der Waals surface area (Å²) in [5.41, 5.74) is 10.0. The largest absolute Gasteiger partial charge is 0.493 e. The Kier molecular flexibility index (Phi) is 7.45. The summed E-state index contributed by atoms with van der Waals surface area (Å²) in [6, 6.07) is 20.4. The molecule has 1 heterocycles. The minimum Gasteiger partial charge on any atom is -0.493 e. The number of nitrogens with two attached hydrogens (primary N) is 1. The molecule has 1 aliphatic heterocycles. The molecule has 184 valence electrons. The van der Waals surface area contributed by atoms with Gasteiger partial charge in [-0.3, -0.25) is 0 Å². The van der Waals surface area contributed by atoms with Crippen LogP contribution in [-0.4, -0.2) is 19.2 Å². The van der Waals surface area contributed by atoms with Gasteiger partial charge < -0.3 is 24.7 Å². The van der Waals surface area contributed by atoms with Gasteiger partial charge >= 0.3 is 5.97 Å². The predicted molar refractivity (Wildman–Crippen MR) is 135 cm³/mol. The Hall–Kier alpha value is -4.44. The topological polar surface area (TPSA) is 104 Å². The second-order valence-electron chi connectivity index (χ2n) is 8.47. The van der Waals surface area contributed by atoms with Crippen molar-refractivity contribution < 1.29 is 23.7 Å². The maximum absolute atomic E-state index is 12.5. The number of nitrogens with zero attached hydrogens (tertiary/aromatic N) is 1. The summed E-state index contributed by atoms with van der Waals surface area (Å²) in [5, 5.41) is 9.86. The van der Waals surface area contributed by atoms with Crippen molar-refractivity contribution in [1.82, 2.24) is 0 Å². The van der Waals surface area contributed by atoms with Crippen LogP contribution >= 0.6 is 0 Å². The number of para-hydroxylation sites is 1. The molecule has 0 radical (unpaired) electrons. The van der Waals surface area contributed by atoms with Crippen LogP contribution in [0.15, 0.2) is 72.1 Å². The molecule has 36 heavy (non-hydrogen) atoms. The van der Waals surface area contributed by atoms with Gasteiger partial charge in [-0.05, 0) is 49.6 Å². The van der Waals surface area contributed by atoms with E-state index >= 15 is 0 Å². The first-order valence-electron chi connectivity index (χ1n) is 11.8. The Morgan fingerprint density at radius 3 is 2.58 bits per heavy atom. The van der Waals surface area contributed by atoms with Gasteiger partial charge in [0.05, 0.1) is 12.5 Å². The second kappa shape index (κ2) is 10.9. The number of nitriles is 1. The predicted octanol–water partition coefficient (Wildman–Crippen LogP) is 5.29. The summed E-state index contributed by atoms with van der Waals surface area (Å²) >= 11 is 0. The Morgan fingerprint density at radius 2 is 1.81 bits per heavy atom. The normalized spacial score (nSPS) is 14.3. The number of ether oxygens (including phenoxy) is 4. The zero-order valence-corrected chi connectivity index (χ0v) is 20.5. The van der Waals surface area contributed by atoms with E-state index in [2.05, 4.69) is 6.07 Å². The molecule has 0 fully saturated rings. The zero-order chi connectivity index (χ0) is 25.7. The SMILES string of the molecule is CCCOc1ccccc1C1C(C#N)=C(N)Oc2cc(OC(=O)COc3cccc(C)c3C)ccc21. The molecule has 0 aliphatic carbocycles. The average Bonchev–Trinajstić information content (AvgIpc) is 2.87. The van der Waals surface area contributed by atoms with Crippen LogP contribution in [0.5, 0.6) is 23.0 Å². The summed E-state index contributed by atoms with van der Waals surface area (Å²) in [5.74, 6) is 0.966. The number of hydrogen-bond acceptors (Lipinski definition) is 7. The van der Waals surface area contributed by atoms with E-state index in [1.807, 2.05) is 63.2 Å². The summed E-state index contributed by atoms with van der Waals surface area (Å²) in [6.07, 6.45) is 0.851. The van der Waals surface area contributed by atoms with E-state index in [-0.39, 0.29) is 18.2 Å². The molecule has 7 nitrogen and oxygen atoms in total. The van der Waals surface area contributed by atoms with Crippen molar-refractivity contribution >= 4 is 5.97 Å². The molecular weight excluding hydrogens is 456 g/mol. The second-order valence-corrected chi connectivity index (χ2v) is 8.47. The van der Waals surface area contributed by atoms with Gasteiger partial charge in [0, 0.05) is 17.2 Å². The molecule has 0 aromatic heterocycles. The molecule has 0 saturated heterocycles. The summed E-state index contributed by atoms with van der Waals surface area (Å²) < 4.78 is 22.8. The summed E-state index contributed by atoms with van der Waals surface area (Å²) in [7, 11) is 0. The number of fused-ring (bicyclic) bond motifs is 1. The molecule has 0 amide bonds. The van der Waals surface area contributed by atoms with Crippen molar-refractivity contribution in [3.8, 4) is 29.1 Å². The van der Waals surface area contributed by atoms with E-state index in [9.17, 15) is 10.1 Å². The Morgan fingerprint density at radius 1 is 1.03 bits per heavy atom. The highest BCUT2D eigenvalue weighted by Crippen LogP contribution is 2.45. The zero-order valence-electron chi connectivity index (χ0n) is 20.5. The fourth-order valence-corrected chi connectivity index (χ4v) is 4.06. The third-order valence-electron chi connectivity index (χ3n) is 6.01. The van der Waals surface area contributed by atoms with Crippen LogP contribution in [-0.2, 0) is 4.79 Å². The Bertz CT molecular complexity index is 1360. The van der Waals surface area contributed by atoms with Gasteiger partial charge in [0.15, 0.2) is 6.61 Å². The maximum Gasteiger partial charge on any atom is 0.349 e. The monoisotopic (exact) mass is 484 g/mol. The van der Waals surface area contributed by atoms with Crippen molar-refractivity contribution in [3.63, 3.8) is 0 Å². The van der Waals surface area contributed by atoms with Crippen LogP contribution in [0.25, 0.3) is 0 Å². The molecule has 1 atom stereocenters. The first-order valence-corrected chi connectivity index (χ1v) is 11.8. The molecule has 0 bridgehead atoms. The molecule has 2 N–H and O–H groups in total.